The Balaban J connectivity index is 2.33. The summed E-state index contributed by atoms with van der Waals surface area (Å²) in [6, 6.07) is 8.24. The Morgan fingerprint density at radius 2 is 2.14 bits per heavy atom. The van der Waals surface area contributed by atoms with E-state index in [0.29, 0.717) is 18.7 Å². The largest absolute Gasteiger partial charge is 0.409 e. The molecule has 1 fully saturated rings. The maximum Gasteiger partial charge on any atom is 0.242 e. The minimum atomic E-state index is -0.899. The molecule has 2 rings (SSSR count). The number of benzene rings is 1. The molecule has 7 heteroatoms. The van der Waals surface area contributed by atoms with Crippen LogP contribution in [-0.4, -0.2) is 46.9 Å². The van der Waals surface area contributed by atoms with E-state index in [9.17, 15) is 9.59 Å². The number of amidine groups is 1. The SMILES string of the molecule is CC1C(=O)NCCN1C(=O)C(C(N)=NO)c1ccccc1. The smallest absolute Gasteiger partial charge is 0.242 e. The molecule has 0 aliphatic carbocycles. The third-order valence-electron chi connectivity index (χ3n) is 3.57. The van der Waals surface area contributed by atoms with Gasteiger partial charge in [0.05, 0.1) is 0 Å². The first-order chi connectivity index (χ1) is 10.1. The Morgan fingerprint density at radius 3 is 2.76 bits per heavy atom. The zero-order chi connectivity index (χ0) is 15.4. The molecule has 21 heavy (non-hydrogen) atoms. The first-order valence-corrected chi connectivity index (χ1v) is 6.66. The van der Waals surface area contributed by atoms with Gasteiger partial charge in [0.25, 0.3) is 0 Å². The van der Waals surface area contributed by atoms with Crippen molar-refractivity contribution in [3.8, 4) is 0 Å². The molecule has 1 aliphatic heterocycles. The van der Waals surface area contributed by atoms with E-state index >= 15 is 0 Å². The topological polar surface area (TPSA) is 108 Å². The van der Waals surface area contributed by atoms with E-state index in [1.807, 2.05) is 6.07 Å². The zero-order valence-corrected chi connectivity index (χ0v) is 11.7. The molecule has 1 heterocycles. The molecule has 1 saturated heterocycles. The van der Waals surface area contributed by atoms with Gasteiger partial charge in [0, 0.05) is 13.1 Å². The van der Waals surface area contributed by atoms with Gasteiger partial charge in [0.2, 0.25) is 11.8 Å². The van der Waals surface area contributed by atoms with Crippen LogP contribution in [0.2, 0.25) is 0 Å². The minimum Gasteiger partial charge on any atom is -0.409 e. The number of piperazine rings is 1. The zero-order valence-electron chi connectivity index (χ0n) is 11.7. The van der Waals surface area contributed by atoms with Gasteiger partial charge in [-0.2, -0.15) is 0 Å². The van der Waals surface area contributed by atoms with Crippen molar-refractivity contribution in [3.63, 3.8) is 0 Å². The summed E-state index contributed by atoms with van der Waals surface area (Å²) in [5.41, 5.74) is 6.31. The Kier molecular flexibility index (Phi) is 4.42. The molecule has 0 aromatic heterocycles. The predicted octanol–water partition coefficient (Wildman–Crippen LogP) is -0.136. The third-order valence-corrected chi connectivity index (χ3v) is 3.57. The van der Waals surface area contributed by atoms with Crippen LogP contribution in [0.3, 0.4) is 0 Å². The van der Waals surface area contributed by atoms with Crippen LogP contribution in [-0.2, 0) is 9.59 Å². The number of hydrogen-bond donors (Lipinski definition) is 3. The number of nitrogens with one attached hydrogen (secondary N) is 1. The normalized spacial score (nSPS) is 20.8. The number of amides is 2. The van der Waals surface area contributed by atoms with Gasteiger partial charge >= 0.3 is 0 Å². The van der Waals surface area contributed by atoms with E-state index in [2.05, 4.69) is 10.5 Å². The molecule has 2 unspecified atom stereocenters. The summed E-state index contributed by atoms with van der Waals surface area (Å²) < 4.78 is 0. The van der Waals surface area contributed by atoms with Gasteiger partial charge in [-0.15, -0.1) is 0 Å². The van der Waals surface area contributed by atoms with Crippen molar-refractivity contribution in [2.75, 3.05) is 13.1 Å². The van der Waals surface area contributed by atoms with Crippen molar-refractivity contribution in [2.45, 2.75) is 18.9 Å². The van der Waals surface area contributed by atoms with Gasteiger partial charge in [-0.05, 0) is 12.5 Å². The van der Waals surface area contributed by atoms with Gasteiger partial charge in [-0.25, -0.2) is 0 Å². The van der Waals surface area contributed by atoms with E-state index in [1.54, 1.807) is 31.2 Å². The molecule has 112 valence electrons. The van der Waals surface area contributed by atoms with Crippen molar-refractivity contribution in [3.05, 3.63) is 35.9 Å². The third kappa shape index (κ3) is 2.96. The standard InChI is InChI=1S/C14H18N4O3/c1-9-13(19)16-7-8-18(9)14(20)11(12(15)17-21)10-5-3-2-4-6-10/h2-6,9,11,21H,7-8H2,1H3,(H2,15,17)(H,16,19). The predicted molar refractivity (Wildman–Crippen MR) is 76.8 cm³/mol. The Hall–Kier alpha value is -2.57. The van der Waals surface area contributed by atoms with Gasteiger partial charge in [0.15, 0.2) is 5.84 Å². The van der Waals surface area contributed by atoms with E-state index < -0.39 is 12.0 Å². The molecule has 4 N–H and O–H groups in total. The number of nitrogens with two attached hydrogens (primary N) is 1. The Bertz CT molecular complexity index is 559. The van der Waals surface area contributed by atoms with E-state index in [1.165, 1.54) is 4.90 Å². The second-order valence-corrected chi connectivity index (χ2v) is 4.87. The highest BCUT2D eigenvalue weighted by Crippen LogP contribution is 2.21. The minimum absolute atomic E-state index is 0.190. The highest BCUT2D eigenvalue weighted by Gasteiger charge is 2.36. The molecule has 2 atom stereocenters. The molecule has 1 aliphatic rings. The summed E-state index contributed by atoms with van der Waals surface area (Å²) in [4.78, 5) is 25.9. The Labute approximate surface area is 122 Å². The van der Waals surface area contributed by atoms with Crippen LogP contribution in [0.25, 0.3) is 0 Å². The fourth-order valence-corrected chi connectivity index (χ4v) is 2.39. The first-order valence-electron chi connectivity index (χ1n) is 6.66. The number of hydrogen-bond acceptors (Lipinski definition) is 4. The maximum absolute atomic E-state index is 12.7. The van der Waals surface area contributed by atoms with Crippen molar-refractivity contribution < 1.29 is 14.8 Å². The molecule has 7 nitrogen and oxygen atoms in total. The van der Waals surface area contributed by atoms with Crippen LogP contribution in [0.1, 0.15) is 18.4 Å². The lowest BCUT2D eigenvalue weighted by molar-refractivity contribution is -0.142. The summed E-state index contributed by atoms with van der Waals surface area (Å²) in [6.07, 6.45) is 0. The average molecular weight is 290 g/mol. The maximum atomic E-state index is 12.7. The summed E-state index contributed by atoms with van der Waals surface area (Å²) in [7, 11) is 0. The van der Waals surface area contributed by atoms with Crippen molar-refractivity contribution in [1.29, 1.82) is 0 Å². The first kappa shape index (κ1) is 14.8. The van der Waals surface area contributed by atoms with Gasteiger partial charge < -0.3 is 21.2 Å². The van der Waals surface area contributed by atoms with Crippen LogP contribution >= 0.6 is 0 Å². The molecular weight excluding hydrogens is 272 g/mol. The number of nitrogens with zero attached hydrogens (tertiary/aromatic N) is 2. The van der Waals surface area contributed by atoms with Crippen LogP contribution in [0.4, 0.5) is 0 Å². The van der Waals surface area contributed by atoms with E-state index in [0.717, 1.165) is 0 Å². The number of rotatable bonds is 3. The lowest BCUT2D eigenvalue weighted by Crippen LogP contribution is -2.57. The number of carbonyl (C=O) groups is 2. The molecule has 2 amide bonds. The van der Waals surface area contributed by atoms with Crippen molar-refractivity contribution >= 4 is 17.6 Å². The number of oxime groups is 1. The van der Waals surface area contributed by atoms with Crippen LogP contribution < -0.4 is 11.1 Å². The lowest BCUT2D eigenvalue weighted by atomic mass is 9.95. The fraction of sp³-hybridized carbons (Fsp3) is 0.357. The molecular formula is C14H18N4O3. The second-order valence-electron chi connectivity index (χ2n) is 4.87. The Morgan fingerprint density at radius 1 is 1.48 bits per heavy atom. The van der Waals surface area contributed by atoms with Crippen LogP contribution in [0.15, 0.2) is 35.5 Å². The monoisotopic (exact) mass is 290 g/mol. The summed E-state index contributed by atoms with van der Waals surface area (Å²) in [5, 5.41) is 14.6. The lowest BCUT2D eigenvalue weighted by Gasteiger charge is -2.35. The number of carbonyl (C=O) groups excluding carboxylic acids is 2. The van der Waals surface area contributed by atoms with Crippen molar-refractivity contribution in [2.24, 2.45) is 10.9 Å². The van der Waals surface area contributed by atoms with E-state index in [-0.39, 0.29) is 17.6 Å². The molecule has 1 aromatic carbocycles. The average Bonchev–Trinajstić information content (AvgIpc) is 2.51. The molecule has 0 radical (unpaired) electrons. The molecule has 0 bridgehead atoms. The van der Waals surface area contributed by atoms with Crippen molar-refractivity contribution in [1.82, 2.24) is 10.2 Å². The van der Waals surface area contributed by atoms with Gasteiger partial charge in [0.1, 0.15) is 12.0 Å². The highest BCUT2D eigenvalue weighted by atomic mass is 16.4. The molecule has 0 saturated carbocycles. The molecule has 1 aromatic rings. The van der Waals surface area contributed by atoms with Crippen LogP contribution in [0.5, 0.6) is 0 Å². The van der Waals surface area contributed by atoms with E-state index in [4.69, 9.17) is 10.9 Å². The molecule has 0 spiro atoms. The fourth-order valence-electron chi connectivity index (χ4n) is 2.39. The van der Waals surface area contributed by atoms with Gasteiger partial charge in [-0.3, -0.25) is 9.59 Å². The summed E-state index contributed by atoms with van der Waals surface area (Å²) >= 11 is 0. The highest BCUT2D eigenvalue weighted by molar-refractivity contribution is 6.08. The second kappa shape index (κ2) is 6.25. The quantitative estimate of drug-likeness (QED) is 0.312. The summed E-state index contributed by atoms with van der Waals surface area (Å²) in [6.45, 7) is 2.45. The van der Waals surface area contributed by atoms with Crippen LogP contribution in [0, 0.1) is 0 Å². The summed E-state index contributed by atoms with van der Waals surface area (Å²) in [5.74, 6) is -1.64. The van der Waals surface area contributed by atoms with Gasteiger partial charge in [-0.1, -0.05) is 35.5 Å².